The summed E-state index contributed by atoms with van der Waals surface area (Å²) in [5.74, 6) is -1.46. The summed E-state index contributed by atoms with van der Waals surface area (Å²) in [6.07, 6.45) is -0.466. The molecule has 4 nitrogen and oxygen atoms in total. The Bertz CT molecular complexity index is 789. The predicted octanol–water partition coefficient (Wildman–Crippen LogP) is 4.53. The number of carbonyl (C=O) groups is 1. The van der Waals surface area contributed by atoms with Crippen LogP contribution in [0.4, 0.5) is 4.39 Å². The minimum absolute atomic E-state index is 0.0243. The second-order valence-corrected chi connectivity index (χ2v) is 5.57. The highest BCUT2D eigenvalue weighted by Crippen LogP contribution is 2.35. The number of hydrogen-bond acceptors (Lipinski definition) is 3. The molecule has 0 spiro atoms. The van der Waals surface area contributed by atoms with Crippen molar-refractivity contribution in [2.24, 2.45) is 0 Å². The molecule has 0 amide bonds. The maximum Gasteiger partial charge on any atom is 0.307 e. The highest BCUT2D eigenvalue weighted by Gasteiger charge is 2.14. The second-order valence-electron chi connectivity index (χ2n) is 4.30. The molecular weight excluding hydrogens is 377 g/mol. The van der Waals surface area contributed by atoms with Crippen LogP contribution in [0, 0.1) is 17.1 Å². The average molecular weight is 385 g/mol. The van der Waals surface area contributed by atoms with Gasteiger partial charge in [-0.1, -0.05) is 11.6 Å². The number of hydrogen-bond donors (Lipinski definition) is 1. The van der Waals surface area contributed by atoms with E-state index in [0.717, 1.165) is 6.07 Å². The third-order valence-corrected chi connectivity index (χ3v) is 3.64. The maximum atomic E-state index is 13.9. The first-order valence-corrected chi connectivity index (χ1v) is 7.15. The van der Waals surface area contributed by atoms with E-state index in [0.29, 0.717) is 15.8 Å². The van der Waals surface area contributed by atoms with Gasteiger partial charge in [-0.05, 0) is 40.2 Å². The van der Waals surface area contributed by atoms with Crippen LogP contribution in [0.25, 0.3) is 0 Å². The molecule has 7 heteroatoms. The first-order valence-electron chi connectivity index (χ1n) is 5.98. The second kappa shape index (κ2) is 6.77. The van der Waals surface area contributed by atoms with Gasteiger partial charge in [0.05, 0.1) is 27.5 Å². The molecule has 0 heterocycles. The summed E-state index contributed by atoms with van der Waals surface area (Å²) in [6.45, 7) is 0. The molecular formula is C15H8BrClFNO3. The summed E-state index contributed by atoms with van der Waals surface area (Å²) in [5.41, 5.74) is 0.414. The SMILES string of the molecule is N#Cc1ccc(Oc2cc(F)c(CC(=O)O)cc2Cl)c(Br)c1. The third kappa shape index (κ3) is 3.75. The van der Waals surface area contributed by atoms with E-state index in [1.807, 2.05) is 6.07 Å². The van der Waals surface area contributed by atoms with E-state index in [-0.39, 0.29) is 16.3 Å². The van der Waals surface area contributed by atoms with Gasteiger partial charge in [0.1, 0.15) is 17.3 Å². The quantitative estimate of drug-likeness (QED) is 0.840. The van der Waals surface area contributed by atoms with Gasteiger partial charge in [-0.3, -0.25) is 4.79 Å². The topological polar surface area (TPSA) is 70.3 Å². The Balaban J connectivity index is 2.33. The molecule has 0 fully saturated rings. The fraction of sp³-hybridized carbons (Fsp3) is 0.0667. The van der Waals surface area contributed by atoms with Crippen LogP contribution in [0.2, 0.25) is 5.02 Å². The van der Waals surface area contributed by atoms with E-state index in [4.69, 9.17) is 26.7 Å². The lowest BCUT2D eigenvalue weighted by atomic mass is 10.1. The molecule has 0 radical (unpaired) electrons. The maximum absolute atomic E-state index is 13.9. The zero-order valence-electron chi connectivity index (χ0n) is 10.9. The smallest absolute Gasteiger partial charge is 0.307 e. The van der Waals surface area contributed by atoms with Crippen LogP contribution in [-0.4, -0.2) is 11.1 Å². The summed E-state index contributed by atoms with van der Waals surface area (Å²) in [7, 11) is 0. The molecule has 0 saturated carbocycles. The number of aliphatic carboxylic acids is 1. The molecule has 0 aliphatic carbocycles. The van der Waals surface area contributed by atoms with E-state index in [1.54, 1.807) is 18.2 Å². The first kappa shape index (κ1) is 16.3. The number of ether oxygens (including phenoxy) is 1. The number of benzene rings is 2. The lowest BCUT2D eigenvalue weighted by Gasteiger charge is -2.11. The highest BCUT2D eigenvalue weighted by molar-refractivity contribution is 9.10. The Morgan fingerprint density at radius 1 is 1.36 bits per heavy atom. The molecule has 0 atom stereocenters. The lowest BCUT2D eigenvalue weighted by molar-refractivity contribution is -0.136. The van der Waals surface area contributed by atoms with E-state index >= 15 is 0 Å². The molecule has 22 heavy (non-hydrogen) atoms. The summed E-state index contributed by atoms with van der Waals surface area (Å²) >= 11 is 9.24. The van der Waals surface area contributed by atoms with Crippen molar-refractivity contribution in [3.05, 3.63) is 56.8 Å². The Morgan fingerprint density at radius 2 is 2.09 bits per heavy atom. The fourth-order valence-electron chi connectivity index (χ4n) is 1.72. The number of carboxylic acid groups (broad SMARTS) is 1. The third-order valence-electron chi connectivity index (χ3n) is 2.72. The zero-order chi connectivity index (χ0) is 16.3. The van der Waals surface area contributed by atoms with Gasteiger partial charge in [-0.15, -0.1) is 0 Å². The first-order chi connectivity index (χ1) is 10.4. The van der Waals surface area contributed by atoms with Crippen LogP contribution in [0.1, 0.15) is 11.1 Å². The van der Waals surface area contributed by atoms with Gasteiger partial charge in [0.15, 0.2) is 0 Å². The molecule has 2 aromatic rings. The minimum Gasteiger partial charge on any atom is -0.481 e. The number of nitrogens with zero attached hydrogens (tertiary/aromatic N) is 1. The van der Waals surface area contributed by atoms with Gasteiger partial charge in [-0.25, -0.2) is 4.39 Å². The van der Waals surface area contributed by atoms with Crippen LogP contribution < -0.4 is 4.74 Å². The average Bonchev–Trinajstić information content (AvgIpc) is 2.45. The number of halogens is 3. The van der Waals surface area contributed by atoms with E-state index in [2.05, 4.69) is 15.9 Å². The standard InChI is InChI=1S/C15H8BrClFNO3/c16-10-3-8(7-19)1-2-13(10)22-14-6-12(18)9(4-11(14)17)5-15(20)21/h1-4,6H,5H2,(H,20,21). The largest absolute Gasteiger partial charge is 0.481 e. The molecule has 2 aromatic carbocycles. The fourth-order valence-corrected chi connectivity index (χ4v) is 2.40. The van der Waals surface area contributed by atoms with Gasteiger partial charge < -0.3 is 9.84 Å². The molecule has 0 aliphatic heterocycles. The van der Waals surface area contributed by atoms with Crippen molar-refractivity contribution in [3.63, 3.8) is 0 Å². The van der Waals surface area contributed by atoms with Crippen LogP contribution in [0.5, 0.6) is 11.5 Å². The molecule has 2 rings (SSSR count). The molecule has 0 unspecified atom stereocenters. The monoisotopic (exact) mass is 383 g/mol. The zero-order valence-corrected chi connectivity index (χ0v) is 13.3. The summed E-state index contributed by atoms with van der Waals surface area (Å²) < 4.78 is 19.9. The Labute approximate surface area is 138 Å². The molecule has 0 aromatic heterocycles. The molecule has 0 aliphatic rings. The van der Waals surface area contributed by atoms with E-state index < -0.39 is 18.2 Å². The summed E-state index contributed by atoms with van der Waals surface area (Å²) in [5, 5.41) is 17.6. The van der Waals surface area contributed by atoms with Crippen molar-refractivity contribution in [1.29, 1.82) is 5.26 Å². The van der Waals surface area contributed by atoms with Crippen molar-refractivity contribution < 1.29 is 19.0 Å². The van der Waals surface area contributed by atoms with Crippen LogP contribution >= 0.6 is 27.5 Å². The van der Waals surface area contributed by atoms with Crippen LogP contribution in [-0.2, 0) is 11.2 Å². The van der Waals surface area contributed by atoms with Crippen LogP contribution in [0.3, 0.4) is 0 Å². The summed E-state index contributed by atoms with van der Waals surface area (Å²) in [6, 6.07) is 8.87. The van der Waals surface area contributed by atoms with Gasteiger partial charge in [0, 0.05) is 11.6 Å². The molecule has 112 valence electrons. The summed E-state index contributed by atoms with van der Waals surface area (Å²) in [4.78, 5) is 10.6. The predicted molar refractivity (Wildman–Crippen MR) is 81.7 cm³/mol. The normalized spacial score (nSPS) is 10.1. The van der Waals surface area contributed by atoms with Crippen molar-refractivity contribution >= 4 is 33.5 Å². The minimum atomic E-state index is -1.15. The van der Waals surface area contributed by atoms with Gasteiger partial charge in [0.25, 0.3) is 0 Å². The Kier molecular flexibility index (Phi) is 5.01. The van der Waals surface area contributed by atoms with E-state index in [1.165, 1.54) is 6.07 Å². The van der Waals surface area contributed by atoms with Gasteiger partial charge in [0.2, 0.25) is 0 Å². The van der Waals surface area contributed by atoms with Gasteiger partial charge >= 0.3 is 5.97 Å². The number of carboxylic acids is 1. The van der Waals surface area contributed by atoms with Crippen molar-refractivity contribution in [2.75, 3.05) is 0 Å². The molecule has 1 N–H and O–H groups in total. The van der Waals surface area contributed by atoms with E-state index in [9.17, 15) is 9.18 Å². The van der Waals surface area contributed by atoms with Gasteiger partial charge in [-0.2, -0.15) is 5.26 Å². The van der Waals surface area contributed by atoms with Crippen molar-refractivity contribution in [1.82, 2.24) is 0 Å². The van der Waals surface area contributed by atoms with Crippen molar-refractivity contribution in [3.8, 4) is 17.6 Å². The lowest BCUT2D eigenvalue weighted by Crippen LogP contribution is -2.03. The molecule has 0 saturated heterocycles. The Hall–Kier alpha value is -2.10. The van der Waals surface area contributed by atoms with Crippen LogP contribution in [0.15, 0.2) is 34.8 Å². The number of nitriles is 1. The Morgan fingerprint density at radius 3 is 2.68 bits per heavy atom. The van der Waals surface area contributed by atoms with Crippen molar-refractivity contribution in [2.45, 2.75) is 6.42 Å². The number of rotatable bonds is 4. The highest BCUT2D eigenvalue weighted by atomic mass is 79.9. The molecule has 0 bridgehead atoms.